The normalized spacial score (nSPS) is 11.5. The largest absolute Gasteiger partial charge is 0.438 e. The molecule has 1 heterocycles. The van der Waals surface area contributed by atoms with Crippen molar-refractivity contribution in [1.82, 2.24) is 15.5 Å². The number of rotatable bonds is 5. The van der Waals surface area contributed by atoms with Gasteiger partial charge < -0.3 is 15.4 Å². The van der Waals surface area contributed by atoms with Gasteiger partial charge in [0.15, 0.2) is 10.9 Å². The third kappa shape index (κ3) is 5.15. The van der Waals surface area contributed by atoms with E-state index in [4.69, 9.17) is 28.6 Å². The van der Waals surface area contributed by atoms with E-state index in [0.29, 0.717) is 27.6 Å². The molecule has 1 unspecified atom stereocenters. The zero-order valence-electron chi connectivity index (χ0n) is 14.0. The molecule has 0 aliphatic rings. The minimum atomic E-state index is 0.0286. The summed E-state index contributed by atoms with van der Waals surface area (Å²) in [7, 11) is 0. The molecular formula is C19H17ClN4OS. The van der Waals surface area contributed by atoms with Crippen LogP contribution in [0.4, 0.5) is 5.82 Å². The first-order valence-electron chi connectivity index (χ1n) is 8.00. The Morgan fingerprint density at radius 3 is 2.38 bits per heavy atom. The van der Waals surface area contributed by atoms with Crippen LogP contribution in [0.1, 0.15) is 18.5 Å². The Kier molecular flexibility index (Phi) is 5.99. The van der Waals surface area contributed by atoms with Gasteiger partial charge in [0, 0.05) is 11.1 Å². The lowest BCUT2D eigenvalue weighted by Crippen LogP contribution is -2.31. The average Bonchev–Trinajstić information content (AvgIpc) is 2.64. The van der Waals surface area contributed by atoms with E-state index in [2.05, 4.69) is 20.8 Å². The zero-order chi connectivity index (χ0) is 18.4. The molecular weight excluding hydrogens is 368 g/mol. The Bertz CT molecular complexity index is 857. The van der Waals surface area contributed by atoms with Gasteiger partial charge in [-0.1, -0.05) is 41.9 Å². The van der Waals surface area contributed by atoms with Crippen molar-refractivity contribution in [2.75, 3.05) is 5.32 Å². The summed E-state index contributed by atoms with van der Waals surface area (Å²) >= 11 is 11.2. The van der Waals surface area contributed by atoms with Crippen molar-refractivity contribution in [2.24, 2.45) is 0 Å². The number of hydrogen-bond donors (Lipinski definition) is 2. The van der Waals surface area contributed by atoms with E-state index in [0.717, 1.165) is 5.56 Å². The first-order chi connectivity index (χ1) is 12.6. The van der Waals surface area contributed by atoms with Crippen LogP contribution in [0.3, 0.4) is 0 Å². The van der Waals surface area contributed by atoms with Gasteiger partial charge in [0.1, 0.15) is 5.75 Å². The summed E-state index contributed by atoms with van der Waals surface area (Å²) in [6.45, 7) is 2.01. The van der Waals surface area contributed by atoms with Crippen molar-refractivity contribution < 1.29 is 4.74 Å². The highest BCUT2D eigenvalue weighted by Crippen LogP contribution is 2.19. The Hall–Kier alpha value is -2.70. The smallest absolute Gasteiger partial charge is 0.238 e. The van der Waals surface area contributed by atoms with Crippen LogP contribution in [0.15, 0.2) is 66.7 Å². The van der Waals surface area contributed by atoms with Crippen molar-refractivity contribution in [1.29, 1.82) is 0 Å². The molecule has 3 rings (SSSR count). The molecule has 0 fully saturated rings. The highest BCUT2D eigenvalue weighted by atomic mass is 35.5. The van der Waals surface area contributed by atoms with Crippen LogP contribution in [-0.4, -0.2) is 15.3 Å². The summed E-state index contributed by atoms with van der Waals surface area (Å²) < 4.78 is 5.61. The molecule has 7 heteroatoms. The summed E-state index contributed by atoms with van der Waals surface area (Å²) in [5.41, 5.74) is 1.08. The van der Waals surface area contributed by atoms with E-state index in [1.54, 1.807) is 12.1 Å². The number of ether oxygens (including phenoxy) is 1. The molecule has 0 spiro atoms. The topological polar surface area (TPSA) is 59.1 Å². The van der Waals surface area contributed by atoms with Crippen molar-refractivity contribution in [3.05, 3.63) is 77.3 Å². The predicted octanol–water partition coefficient (Wildman–Crippen LogP) is 4.97. The molecule has 132 valence electrons. The van der Waals surface area contributed by atoms with Crippen LogP contribution in [0.2, 0.25) is 5.02 Å². The maximum Gasteiger partial charge on any atom is 0.238 e. The number of nitrogens with zero attached hydrogens (tertiary/aromatic N) is 2. The van der Waals surface area contributed by atoms with Gasteiger partial charge in [0.25, 0.3) is 0 Å². The lowest BCUT2D eigenvalue weighted by molar-refractivity contribution is 0.455. The molecule has 1 atom stereocenters. The molecule has 2 N–H and O–H groups in total. The second kappa shape index (κ2) is 8.60. The molecule has 0 aliphatic heterocycles. The van der Waals surface area contributed by atoms with E-state index in [1.807, 2.05) is 61.5 Å². The number of halogens is 1. The molecule has 0 saturated carbocycles. The van der Waals surface area contributed by atoms with Crippen LogP contribution in [0.5, 0.6) is 11.6 Å². The fourth-order valence-electron chi connectivity index (χ4n) is 2.23. The van der Waals surface area contributed by atoms with Gasteiger partial charge in [-0.2, -0.15) is 0 Å². The summed E-state index contributed by atoms with van der Waals surface area (Å²) in [6, 6.07) is 20.5. The monoisotopic (exact) mass is 384 g/mol. The number of hydrogen-bond acceptors (Lipinski definition) is 4. The molecule has 26 heavy (non-hydrogen) atoms. The van der Waals surface area contributed by atoms with Gasteiger partial charge >= 0.3 is 0 Å². The molecule has 3 aromatic rings. The molecule has 2 aromatic carbocycles. The minimum Gasteiger partial charge on any atom is -0.438 e. The van der Waals surface area contributed by atoms with Crippen LogP contribution in [0, 0.1) is 0 Å². The van der Waals surface area contributed by atoms with Crippen LogP contribution >= 0.6 is 23.8 Å². The minimum absolute atomic E-state index is 0.0286. The summed E-state index contributed by atoms with van der Waals surface area (Å²) in [5.74, 6) is 1.65. The molecule has 5 nitrogen and oxygen atoms in total. The van der Waals surface area contributed by atoms with Gasteiger partial charge in [0.2, 0.25) is 5.88 Å². The molecule has 0 bridgehead atoms. The summed E-state index contributed by atoms with van der Waals surface area (Å²) in [5, 5.41) is 15.5. The Labute approximate surface area is 162 Å². The van der Waals surface area contributed by atoms with Crippen molar-refractivity contribution in [3.63, 3.8) is 0 Å². The number of benzene rings is 2. The van der Waals surface area contributed by atoms with Gasteiger partial charge in [0.05, 0.1) is 6.04 Å². The number of para-hydroxylation sites is 1. The van der Waals surface area contributed by atoms with Gasteiger partial charge in [-0.3, -0.25) is 0 Å². The van der Waals surface area contributed by atoms with Crippen LogP contribution < -0.4 is 15.4 Å². The quantitative estimate of drug-likeness (QED) is 0.605. The third-order valence-electron chi connectivity index (χ3n) is 3.56. The number of anilines is 1. The van der Waals surface area contributed by atoms with Gasteiger partial charge in [-0.15, -0.1) is 10.2 Å². The van der Waals surface area contributed by atoms with E-state index in [1.165, 1.54) is 0 Å². The molecule has 0 aliphatic carbocycles. The highest BCUT2D eigenvalue weighted by molar-refractivity contribution is 7.80. The maximum absolute atomic E-state index is 5.91. The van der Waals surface area contributed by atoms with Crippen molar-refractivity contribution >= 4 is 34.7 Å². The van der Waals surface area contributed by atoms with E-state index in [9.17, 15) is 0 Å². The third-order valence-corrected chi connectivity index (χ3v) is 4.04. The predicted molar refractivity (Wildman–Crippen MR) is 108 cm³/mol. The molecule has 0 radical (unpaired) electrons. The molecule has 0 amide bonds. The first-order valence-corrected chi connectivity index (χ1v) is 8.78. The fourth-order valence-corrected chi connectivity index (χ4v) is 2.64. The number of aromatic nitrogens is 2. The standard InChI is InChI=1S/C19H17ClN4OS/c1-13(14-7-9-15(20)10-8-14)21-19(26)22-17-11-12-18(24-23-17)25-16-5-3-2-4-6-16/h2-13H,1H3,(H2,21,22,23,26). The lowest BCUT2D eigenvalue weighted by atomic mass is 10.1. The Morgan fingerprint density at radius 1 is 1.00 bits per heavy atom. The van der Waals surface area contributed by atoms with Crippen LogP contribution in [-0.2, 0) is 0 Å². The van der Waals surface area contributed by atoms with Crippen molar-refractivity contribution in [3.8, 4) is 11.6 Å². The molecule has 0 saturated heterocycles. The lowest BCUT2D eigenvalue weighted by Gasteiger charge is -2.17. The van der Waals surface area contributed by atoms with E-state index >= 15 is 0 Å². The zero-order valence-corrected chi connectivity index (χ0v) is 15.6. The maximum atomic E-state index is 5.91. The SMILES string of the molecule is CC(NC(=S)Nc1ccc(Oc2ccccc2)nn1)c1ccc(Cl)cc1. The highest BCUT2D eigenvalue weighted by Gasteiger charge is 2.08. The first kappa shape index (κ1) is 18.1. The van der Waals surface area contributed by atoms with Crippen molar-refractivity contribution in [2.45, 2.75) is 13.0 Å². The second-order valence-electron chi connectivity index (χ2n) is 5.54. The van der Waals surface area contributed by atoms with Gasteiger partial charge in [-0.05, 0) is 55.0 Å². The van der Waals surface area contributed by atoms with E-state index in [-0.39, 0.29) is 6.04 Å². The Morgan fingerprint density at radius 2 is 1.73 bits per heavy atom. The summed E-state index contributed by atoms with van der Waals surface area (Å²) in [6.07, 6.45) is 0. The van der Waals surface area contributed by atoms with E-state index < -0.39 is 0 Å². The Balaban J connectivity index is 1.55. The second-order valence-corrected chi connectivity index (χ2v) is 6.39. The van der Waals surface area contributed by atoms with Crippen LogP contribution in [0.25, 0.3) is 0 Å². The number of thiocarbonyl (C=S) groups is 1. The summed E-state index contributed by atoms with van der Waals surface area (Å²) in [4.78, 5) is 0. The number of nitrogens with one attached hydrogen (secondary N) is 2. The molecule has 1 aromatic heterocycles. The van der Waals surface area contributed by atoms with Gasteiger partial charge in [-0.25, -0.2) is 0 Å². The fraction of sp³-hybridized carbons (Fsp3) is 0.105. The average molecular weight is 385 g/mol.